The quantitative estimate of drug-likeness (QED) is 0.904. The molecule has 1 aromatic carbocycles. The van der Waals surface area contributed by atoms with Crippen molar-refractivity contribution < 1.29 is 0 Å². The summed E-state index contributed by atoms with van der Waals surface area (Å²) in [6.07, 6.45) is 3.85. The summed E-state index contributed by atoms with van der Waals surface area (Å²) in [7, 11) is 2.01. The Morgan fingerprint density at radius 1 is 1.24 bits per heavy atom. The zero-order valence-corrected chi connectivity index (χ0v) is 10.6. The maximum atomic E-state index is 5.85. The molecule has 1 heterocycles. The molecule has 0 saturated carbocycles. The number of halogens is 1. The fraction of sp³-hybridized carbons (Fsp3) is 0.308. The van der Waals surface area contributed by atoms with Crippen molar-refractivity contribution in [2.75, 3.05) is 0 Å². The Balaban J connectivity index is 2.02. The fourth-order valence-corrected chi connectivity index (χ4v) is 1.96. The van der Waals surface area contributed by atoms with E-state index < -0.39 is 0 Å². The van der Waals surface area contributed by atoms with Gasteiger partial charge in [-0.2, -0.15) is 0 Å². The molecule has 0 bridgehead atoms. The summed E-state index contributed by atoms with van der Waals surface area (Å²) in [5, 5.41) is 0.778. The highest BCUT2D eigenvalue weighted by Gasteiger charge is 2.04. The molecule has 4 heteroatoms. The zero-order valence-electron chi connectivity index (χ0n) is 9.86. The van der Waals surface area contributed by atoms with Crippen molar-refractivity contribution in [1.29, 1.82) is 0 Å². The van der Waals surface area contributed by atoms with Gasteiger partial charge in [0.15, 0.2) is 0 Å². The number of nitrogens with zero attached hydrogens (tertiary/aromatic N) is 2. The van der Waals surface area contributed by atoms with Crippen LogP contribution in [0.3, 0.4) is 0 Å². The molecule has 0 fully saturated rings. The molecule has 0 unspecified atom stereocenters. The van der Waals surface area contributed by atoms with Gasteiger partial charge in [-0.25, -0.2) is 4.98 Å². The van der Waals surface area contributed by atoms with Crippen LogP contribution in [0, 0.1) is 0 Å². The summed E-state index contributed by atoms with van der Waals surface area (Å²) >= 11 is 5.85. The number of hydrogen-bond acceptors (Lipinski definition) is 2. The van der Waals surface area contributed by atoms with E-state index in [9.17, 15) is 0 Å². The van der Waals surface area contributed by atoms with E-state index in [4.69, 9.17) is 17.3 Å². The first kappa shape index (κ1) is 12.1. The summed E-state index contributed by atoms with van der Waals surface area (Å²) in [6, 6.07) is 7.96. The number of rotatable bonds is 4. The van der Waals surface area contributed by atoms with E-state index >= 15 is 0 Å². The normalized spacial score (nSPS) is 10.8. The second kappa shape index (κ2) is 5.34. The summed E-state index contributed by atoms with van der Waals surface area (Å²) in [6.45, 7) is 0.484. The van der Waals surface area contributed by atoms with Crippen molar-refractivity contribution in [3.63, 3.8) is 0 Å². The van der Waals surface area contributed by atoms with Gasteiger partial charge in [-0.3, -0.25) is 0 Å². The summed E-state index contributed by atoms with van der Waals surface area (Å²) in [4.78, 5) is 4.28. The molecular formula is C13H16ClN3. The van der Waals surface area contributed by atoms with E-state index in [1.807, 2.05) is 25.4 Å². The third-order valence-electron chi connectivity index (χ3n) is 2.95. The van der Waals surface area contributed by atoms with Crippen molar-refractivity contribution >= 4 is 11.6 Å². The highest BCUT2D eigenvalue weighted by atomic mass is 35.5. The van der Waals surface area contributed by atoms with Crippen molar-refractivity contribution in [2.24, 2.45) is 12.8 Å². The van der Waals surface area contributed by atoms with Crippen LogP contribution in [0.25, 0.3) is 0 Å². The highest BCUT2D eigenvalue weighted by Crippen LogP contribution is 2.12. The van der Waals surface area contributed by atoms with Gasteiger partial charge in [0.05, 0.1) is 6.54 Å². The van der Waals surface area contributed by atoms with Gasteiger partial charge in [-0.05, 0) is 30.5 Å². The molecule has 2 aromatic rings. The number of imidazole rings is 1. The fourth-order valence-electron chi connectivity index (χ4n) is 1.83. The molecule has 0 saturated heterocycles. The van der Waals surface area contributed by atoms with Crippen molar-refractivity contribution in [1.82, 2.24) is 9.55 Å². The topological polar surface area (TPSA) is 43.8 Å². The van der Waals surface area contributed by atoms with Crippen LogP contribution >= 0.6 is 11.6 Å². The minimum Gasteiger partial charge on any atom is -0.334 e. The molecule has 0 atom stereocenters. The van der Waals surface area contributed by atoms with E-state index in [1.54, 1.807) is 0 Å². The van der Waals surface area contributed by atoms with Crippen LogP contribution in [0.1, 0.15) is 17.1 Å². The minimum absolute atomic E-state index is 0.484. The van der Waals surface area contributed by atoms with E-state index in [2.05, 4.69) is 21.7 Å². The predicted molar refractivity (Wildman–Crippen MR) is 70.0 cm³/mol. The molecule has 0 spiro atoms. The third kappa shape index (κ3) is 2.87. The van der Waals surface area contributed by atoms with Crippen LogP contribution in [-0.2, 0) is 26.4 Å². The van der Waals surface area contributed by atoms with Crippen molar-refractivity contribution in [3.8, 4) is 0 Å². The van der Waals surface area contributed by atoms with Crippen molar-refractivity contribution in [2.45, 2.75) is 19.4 Å². The Bertz CT molecular complexity index is 488. The molecular weight excluding hydrogens is 234 g/mol. The first-order chi connectivity index (χ1) is 8.20. The smallest absolute Gasteiger partial charge is 0.122 e. The van der Waals surface area contributed by atoms with Gasteiger partial charge in [0.1, 0.15) is 5.82 Å². The summed E-state index contributed by atoms with van der Waals surface area (Å²) in [5.74, 6) is 0.927. The Kier molecular flexibility index (Phi) is 3.82. The van der Waals surface area contributed by atoms with E-state index in [-0.39, 0.29) is 0 Å². The number of aryl methyl sites for hydroxylation is 2. The SMILES string of the molecule is Cn1c(CCc2ccc(Cl)cc2)cnc1CN. The monoisotopic (exact) mass is 249 g/mol. The predicted octanol–water partition coefficient (Wildman–Crippen LogP) is 2.32. The van der Waals surface area contributed by atoms with Gasteiger partial charge in [0.2, 0.25) is 0 Å². The molecule has 90 valence electrons. The molecule has 1 aromatic heterocycles. The largest absolute Gasteiger partial charge is 0.334 e. The Hall–Kier alpha value is -1.32. The van der Waals surface area contributed by atoms with E-state index in [1.165, 1.54) is 11.3 Å². The second-order valence-electron chi connectivity index (χ2n) is 4.06. The number of hydrogen-bond donors (Lipinski definition) is 1. The number of nitrogens with two attached hydrogens (primary N) is 1. The van der Waals surface area contributed by atoms with Gasteiger partial charge in [0, 0.05) is 24.0 Å². The minimum atomic E-state index is 0.484. The van der Waals surface area contributed by atoms with Crippen LogP contribution in [0.15, 0.2) is 30.5 Å². The number of benzene rings is 1. The molecule has 0 aliphatic heterocycles. The van der Waals surface area contributed by atoms with Gasteiger partial charge in [-0.15, -0.1) is 0 Å². The summed E-state index contributed by atoms with van der Waals surface area (Å²) < 4.78 is 2.07. The molecule has 2 rings (SSSR count). The lowest BCUT2D eigenvalue weighted by Crippen LogP contribution is -2.07. The molecule has 0 radical (unpaired) electrons. The highest BCUT2D eigenvalue weighted by molar-refractivity contribution is 6.30. The molecule has 17 heavy (non-hydrogen) atoms. The molecule has 0 aliphatic rings. The van der Waals surface area contributed by atoms with Gasteiger partial charge in [-0.1, -0.05) is 23.7 Å². The van der Waals surface area contributed by atoms with E-state index in [0.29, 0.717) is 6.54 Å². The average Bonchev–Trinajstić information content (AvgIpc) is 2.69. The second-order valence-corrected chi connectivity index (χ2v) is 4.49. The van der Waals surface area contributed by atoms with Crippen LogP contribution in [0.2, 0.25) is 5.02 Å². The third-order valence-corrected chi connectivity index (χ3v) is 3.20. The first-order valence-electron chi connectivity index (χ1n) is 5.64. The lowest BCUT2D eigenvalue weighted by molar-refractivity contribution is 0.739. The Labute approximate surface area is 106 Å². The molecule has 0 aliphatic carbocycles. The Morgan fingerprint density at radius 3 is 2.53 bits per heavy atom. The Morgan fingerprint density at radius 2 is 1.94 bits per heavy atom. The standard InChI is InChI=1S/C13H16ClN3/c1-17-12(9-16-13(17)8-15)7-4-10-2-5-11(14)6-3-10/h2-3,5-6,9H,4,7-8,15H2,1H3. The van der Waals surface area contributed by atoms with Crippen LogP contribution < -0.4 is 5.73 Å². The lowest BCUT2D eigenvalue weighted by Gasteiger charge is -2.05. The first-order valence-corrected chi connectivity index (χ1v) is 6.02. The molecule has 3 nitrogen and oxygen atoms in total. The van der Waals surface area contributed by atoms with Crippen LogP contribution in [0.5, 0.6) is 0 Å². The van der Waals surface area contributed by atoms with Crippen LogP contribution in [-0.4, -0.2) is 9.55 Å². The van der Waals surface area contributed by atoms with E-state index in [0.717, 1.165) is 23.7 Å². The number of aromatic nitrogens is 2. The molecule has 2 N–H and O–H groups in total. The molecule has 0 amide bonds. The van der Waals surface area contributed by atoms with Gasteiger partial charge < -0.3 is 10.3 Å². The maximum Gasteiger partial charge on any atom is 0.122 e. The lowest BCUT2D eigenvalue weighted by atomic mass is 10.1. The van der Waals surface area contributed by atoms with Gasteiger partial charge >= 0.3 is 0 Å². The van der Waals surface area contributed by atoms with Gasteiger partial charge in [0.25, 0.3) is 0 Å². The average molecular weight is 250 g/mol. The zero-order chi connectivity index (χ0) is 12.3. The summed E-state index contributed by atoms with van der Waals surface area (Å²) in [5.41, 5.74) is 8.08. The van der Waals surface area contributed by atoms with Crippen LogP contribution in [0.4, 0.5) is 0 Å². The maximum absolute atomic E-state index is 5.85. The van der Waals surface area contributed by atoms with Crippen molar-refractivity contribution in [3.05, 3.63) is 52.6 Å².